The number of hydrogen-bond acceptors (Lipinski definition) is 7. The quantitative estimate of drug-likeness (QED) is 0.276. The van der Waals surface area contributed by atoms with Gasteiger partial charge in [0.15, 0.2) is 23.5 Å². The number of aryl methyl sites for hydroxylation is 1. The van der Waals surface area contributed by atoms with Crippen LogP contribution in [0, 0.1) is 0 Å². The molecule has 39 heavy (non-hydrogen) atoms. The molecule has 0 saturated carbocycles. The minimum atomic E-state index is -0.410. The number of benzene rings is 3. The molecule has 1 heterocycles. The molecule has 4 aromatic rings. The van der Waals surface area contributed by atoms with E-state index in [9.17, 15) is 14.7 Å². The van der Waals surface area contributed by atoms with Crippen LogP contribution in [0.15, 0.2) is 75.9 Å². The summed E-state index contributed by atoms with van der Waals surface area (Å²) in [6, 6.07) is 19.7. The average Bonchev–Trinajstić information content (AvgIpc) is 2.91. The normalized spacial score (nSPS) is 11.7. The number of ether oxygens (including phenoxy) is 3. The van der Waals surface area contributed by atoms with E-state index >= 15 is 0 Å². The predicted molar refractivity (Wildman–Crippen MR) is 150 cm³/mol. The third-order valence-electron chi connectivity index (χ3n) is 6.34. The topological polar surface area (TPSA) is 98.4 Å². The fourth-order valence-electron chi connectivity index (χ4n) is 4.18. The molecule has 0 saturated heterocycles. The molecule has 0 aliphatic rings. The Labute approximate surface area is 227 Å². The Kier molecular flexibility index (Phi) is 8.76. The van der Waals surface area contributed by atoms with Gasteiger partial charge in [-0.1, -0.05) is 30.3 Å². The first kappa shape index (κ1) is 27.6. The molecule has 8 heteroatoms. The van der Waals surface area contributed by atoms with Crippen molar-refractivity contribution >= 4 is 16.9 Å². The van der Waals surface area contributed by atoms with Crippen molar-refractivity contribution in [1.29, 1.82) is 0 Å². The largest absolute Gasteiger partial charge is 0.507 e. The molecule has 204 valence electrons. The molecule has 1 aromatic heterocycles. The average molecular weight is 532 g/mol. The molecule has 1 amide bonds. The van der Waals surface area contributed by atoms with Crippen molar-refractivity contribution in [1.82, 2.24) is 4.90 Å². The van der Waals surface area contributed by atoms with Crippen molar-refractivity contribution in [2.75, 3.05) is 27.8 Å². The van der Waals surface area contributed by atoms with Gasteiger partial charge in [-0.05, 0) is 49.9 Å². The zero-order valence-electron chi connectivity index (χ0n) is 22.6. The maximum Gasteiger partial charge on any atom is 0.259 e. The SMILES string of the molecule is COc1ccc(-c2cc(=O)c3c(O)cc(OCC(=O)N(C)C)cc3o2)cc1OC(C)CCCc1ccccc1. The molecule has 4 rings (SSSR count). The molecule has 0 spiro atoms. The van der Waals surface area contributed by atoms with Crippen molar-refractivity contribution in [3.05, 3.63) is 82.5 Å². The second-order valence-corrected chi connectivity index (χ2v) is 9.54. The van der Waals surface area contributed by atoms with E-state index in [1.54, 1.807) is 39.4 Å². The smallest absolute Gasteiger partial charge is 0.259 e. The maximum atomic E-state index is 12.9. The number of carbonyl (C=O) groups excluding carboxylic acids is 1. The Morgan fingerprint density at radius 2 is 1.79 bits per heavy atom. The van der Waals surface area contributed by atoms with E-state index in [1.807, 2.05) is 25.1 Å². The summed E-state index contributed by atoms with van der Waals surface area (Å²) in [5, 5.41) is 10.5. The number of phenolic OH excluding ortho intramolecular Hbond substituents is 1. The van der Waals surface area contributed by atoms with Gasteiger partial charge in [0, 0.05) is 37.9 Å². The Morgan fingerprint density at radius 3 is 2.51 bits per heavy atom. The number of phenols is 1. The van der Waals surface area contributed by atoms with E-state index in [0.717, 1.165) is 19.3 Å². The summed E-state index contributed by atoms with van der Waals surface area (Å²) in [6.45, 7) is 1.79. The minimum absolute atomic E-state index is 0.0297. The van der Waals surface area contributed by atoms with Crippen LogP contribution in [0.3, 0.4) is 0 Å². The lowest BCUT2D eigenvalue weighted by molar-refractivity contribution is -0.130. The maximum absolute atomic E-state index is 12.9. The van der Waals surface area contributed by atoms with Crippen LogP contribution in [0.1, 0.15) is 25.3 Å². The molecule has 3 aromatic carbocycles. The first-order valence-electron chi connectivity index (χ1n) is 12.8. The summed E-state index contributed by atoms with van der Waals surface area (Å²) in [7, 11) is 4.81. The molecule has 8 nitrogen and oxygen atoms in total. The van der Waals surface area contributed by atoms with Crippen LogP contribution < -0.4 is 19.6 Å². The summed E-state index contributed by atoms with van der Waals surface area (Å²) in [5.74, 6) is 1.06. The highest BCUT2D eigenvalue weighted by atomic mass is 16.5. The van der Waals surface area contributed by atoms with Gasteiger partial charge < -0.3 is 28.6 Å². The summed E-state index contributed by atoms with van der Waals surface area (Å²) >= 11 is 0. The van der Waals surface area contributed by atoms with Crippen molar-refractivity contribution < 1.29 is 28.5 Å². The number of likely N-dealkylation sites (N-methyl/N-ethyl adjacent to an activating group) is 1. The van der Waals surface area contributed by atoms with Gasteiger partial charge in [-0.25, -0.2) is 0 Å². The number of rotatable bonds is 11. The molecule has 0 aliphatic carbocycles. The van der Waals surface area contributed by atoms with Gasteiger partial charge in [-0.2, -0.15) is 0 Å². The highest BCUT2D eigenvalue weighted by Gasteiger charge is 2.17. The van der Waals surface area contributed by atoms with Gasteiger partial charge in [-0.15, -0.1) is 0 Å². The van der Waals surface area contributed by atoms with Gasteiger partial charge in [0.05, 0.1) is 13.2 Å². The van der Waals surface area contributed by atoms with E-state index in [2.05, 4.69) is 12.1 Å². The molecule has 1 unspecified atom stereocenters. The number of nitrogens with zero attached hydrogens (tertiary/aromatic N) is 1. The Bertz CT molecular complexity index is 1490. The Hall–Kier alpha value is -4.46. The Morgan fingerprint density at radius 1 is 1.03 bits per heavy atom. The molecule has 1 N–H and O–H groups in total. The summed E-state index contributed by atoms with van der Waals surface area (Å²) in [5.41, 5.74) is 1.62. The van der Waals surface area contributed by atoms with Crippen LogP contribution in [-0.4, -0.2) is 49.8 Å². The molecule has 0 radical (unpaired) electrons. The first-order chi connectivity index (χ1) is 18.7. The summed E-state index contributed by atoms with van der Waals surface area (Å²) in [4.78, 5) is 26.2. The standard InChI is InChI=1S/C31H33NO7/c1-20(9-8-12-21-10-6-5-7-11-21)38-28-15-22(13-14-26(28)36-4)27-18-25(34)31-24(33)16-23(17-29(31)39-27)37-19-30(35)32(2)3/h5-7,10-11,13-18,20,33H,8-9,12,19H2,1-4H3. The van der Waals surface area contributed by atoms with E-state index in [-0.39, 0.29) is 46.8 Å². The molecular weight excluding hydrogens is 498 g/mol. The van der Waals surface area contributed by atoms with Crippen LogP contribution in [0.4, 0.5) is 0 Å². The third kappa shape index (κ3) is 6.90. The highest BCUT2D eigenvalue weighted by molar-refractivity contribution is 5.86. The molecule has 0 aliphatic heterocycles. The van der Waals surface area contributed by atoms with Crippen LogP contribution >= 0.6 is 0 Å². The predicted octanol–water partition coefficient (Wildman–Crippen LogP) is 5.43. The van der Waals surface area contributed by atoms with Gasteiger partial charge >= 0.3 is 0 Å². The van der Waals surface area contributed by atoms with Crippen molar-refractivity contribution in [3.63, 3.8) is 0 Å². The van der Waals surface area contributed by atoms with Crippen LogP contribution in [0.2, 0.25) is 0 Å². The monoisotopic (exact) mass is 531 g/mol. The minimum Gasteiger partial charge on any atom is -0.507 e. The molecule has 0 bridgehead atoms. The number of amides is 1. The number of fused-ring (bicyclic) bond motifs is 1. The van der Waals surface area contributed by atoms with E-state index in [1.165, 1.54) is 28.7 Å². The van der Waals surface area contributed by atoms with Gasteiger partial charge in [-0.3, -0.25) is 9.59 Å². The number of methoxy groups -OCH3 is 1. The lowest BCUT2D eigenvalue weighted by Crippen LogP contribution is -2.27. The lowest BCUT2D eigenvalue weighted by atomic mass is 10.1. The Balaban J connectivity index is 1.56. The van der Waals surface area contributed by atoms with Crippen molar-refractivity contribution in [2.24, 2.45) is 0 Å². The third-order valence-corrected chi connectivity index (χ3v) is 6.34. The summed E-state index contributed by atoms with van der Waals surface area (Å²) < 4.78 is 23.3. The zero-order chi connectivity index (χ0) is 27.9. The van der Waals surface area contributed by atoms with Crippen molar-refractivity contribution in [3.8, 4) is 34.3 Å². The fraction of sp³-hybridized carbons (Fsp3) is 0.290. The van der Waals surface area contributed by atoms with Gasteiger partial charge in [0.2, 0.25) is 0 Å². The van der Waals surface area contributed by atoms with Crippen molar-refractivity contribution in [2.45, 2.75) is 32.3 Å². The number of carbonyl (C=O) groups is 1. The van der Waals surface area contributed by atoms with Gasteiger partial charge in [0.1, 0.15) is 28.2 Å². The highest BCUT2D eigenvalue weighted by Crippen LogP contribution is 2.36. The summed E-state index contributed by atoms with van der Waals surface area (Å²) in [6.07, 6.45) is 2.73. The van der Waals surface area contributed by atoms with Crippen LogP contribution in [0.25, 0.3) is 22.3 Å². The van der Waals surface area contributed by atoms with Crippen LogP contribution in [0.5, 0.6) is 23.0 Å². The first-order valence-corrected chi connectivity index (χ1v) is 12.8. The zero-order valence-corrected chi connectivity index (χ0v) is 22.6. The van der Waals surface area contributed by atoms with E-state index in [4.69, 9.17) is 18.6 Å². The number of hydrogen-bond donors (Lipinski definition) is 1. The van der Waals surface area contributed by atoms with E-state index < -0.39 is 5.43 Å². The lowest BCUT2D eigenvalue weighted by Gasteiger charge is -2.18. The molecule has 1 atom stereocenters. The molecule has 0 fully saturated rings. The molecular formula is C31H33NO7. The fourth-order valence-corrected chi connectivity index (χ4v) is 4.18. The van der Waals surface area contributed by atoms with Crippen LogP contribution in [-0.2, 0) is 11.2 Å². The second-order valence-electron chi connectivity index (χ2n) is 9.54. The second kappa shape index (κ2) is 12.4. The van der Waals surface area contributed by atoms with E-state index in [0.29, 0.717) is 17.1 Å². The number of aromatic hydroxyl groups is 1. The van der Waals surface area contributed by atoms with Gasteiger partial charge in [0.25, 0.3) is 5.91 Å².